The highest BCUT2D eigenvalue weighted by atomic mass is 16.4. The van der Waals surface area contributed by atoms with E-state index in [1.807, 2.05) is 13.8 Å². The van der Waals surface area contributed by atoms with E-state index in [9.17, 15) is 9.59 Å². The smallest absolute Gasteiger partial charge is 0.326 e. The van der Waals surface area contributed by atoms with Gasteiger partial charge in [-0.25, -0.2) is 4.79 Å². The molecule has 2 N–H and O–H groups in total. The number of aromatic nitrogens is 1. The molecule has 5 heteroatoms. The first-order chi connectivity index (χ1) is 8.99. The first-order valence-electron chi connectivity index (χ1n) is 6.10. The third kappa shape index (κ3) is 5.81. The summed E-state index contributed by atoms with van der Waals surface area (Å²) in [5, 5.41) is 11.5. The monoisotopic (exact) mass is 262 g/mol. The molecule has 0 aliphatic rings. The summed E-state index contributed by atoms with van der Waals surface area (Å²) in [5.41, 5.74) is 0.786. The molecule has 1 amide bonds. The molecule has 19 heavy (non-hydrogen) atoms. The number of hydrogen-bond donors (Lipinski definition) is 2. The van der Waals surface area contributed by atoms with Gasteiger partial charge in [0.25, 0.3) is 0 Å². The van der Waals surface area contributed by atoms with E-state index >= 15 is 0 Å². The molecule has 0 spiro atoms. The van der Waals surface area contributed by atoms with Crippen LogP contribution in [0.2, 0.25) is 0 Å². The van der Waals surface area contributed by atoms with Gasteiger partial charge in [0.05, 0.1) is 0 Å². The first-order valence-corrected chi connectivity index (χ1v) is 6.10. The predicted octanol–water partition coefficient (Wildman–Crippen LogP) is 1.71. The second-order valence-electron chi connectivity index (χ2n) is 4.65. The molecule has 0 aliphatic heterocycles. The van der Waals surface area contributed by atoms with Crippen LogP contribution in [-0.2, 0) is 9.59 Å². The lowest BCUT2D eigenvalue weighted by molar-refractivity contribution is -0.141. The first kappa shape index (κ1) is 14.9. The molecule has 0 saturated carbocycles. The van der Waals surface area contributed by atoms with Crippen LogP contribution < -0.4 is 5.32 Å². The normalized spacial score (nSPS) is 12.6. The Balaban J connectivity index is 2.58. The van der Waals surface area contributed by atoms with E-state index in [0.29, 0.717) is 6.42 Å². The zero-order valence-corrected chi connectivity index (χ0v) is 11.0. The second-order valence-corrected chi connectivity index (χ2v) is 4.65. The van der Waals surface area contributed by atoms with Crippen molar-refractivity contribution in [2.24, 2.45) is 5.92 Å². The van der Waals surface area contributed by atoms with Gasteiger partial charge in [-0.05, 0) is 30.0 Å². The molecule has 0 fully saturated rings. The maximum Gasteiger partial charge on any atom is 0.326 e. The predicted molar refractivity (Wildman–Crippen MR) is 72.3 cm³/mol. The van der Waals surface area contributed by atoms with Crippen molar-refractivity contribution in [2.75, 3.05) is 0 Å². The standard InChI is InChI=1S/C14H18N2O3/c1-10(2)8-12(14(18)19)16-13(17)6-5-11-4-3-7-15-9-11/h3-7,9-10,12H,8H2,1-2H3,(H,16,17)(H,18,19)/t12-/m1/s1. The number of pyridine rings is 1. The number of nitrogens with zero attached hydrogens (tertiary/aromatic N) is 1. The molecule has 102 valence electrons. The Bertz CT molecular complexity index is 455. The minimum absolute atomic E-state index is 0.198. The van der Waals surface area contributed by atoms with Crippen LogP contribution in [0.15, 0.2) is 30.6 Å². The van der Waals surface area contributed by atoms with Crippen LogP contribution in [-0.4, -0.2) is 28.0 Å². The summed E-state index contributed by atoms with van der Waals surface area (Å²) in [6.45, 7) is 3.82. The molecule has 0 aliphatic carbocycles. The third-order valence-electron chi connectivity index (χ3n) is 2.43. The molecule has 1 aromatic heterocycles. The van der Waals surface area contributed by atoms with Crippen molar-refractivity contribution in [3.8, 4) is 0 Å². The third-order valence-corrected chi connectivity index (χ3v) is 2.43. The fourth-order valence-corrected chi connectivity index (χ4v) is 1.56. The SMILES string of the molecule is CC(C)C[C@@H](NC(=O)C=Cc1cccnc1)C(=O)O. The lowest BCUT2D eigenvalue weighted by atomic mass is 10.0. The zero-order chi connectivity index (χ0) is 14.3. The van der Waals surface area contributed by atoms with Crippen molar-refractivity contribution in [3.05, 3.63) is 36.2 Å². The molecule has 0 unspecified atom stereocenters. The maximum absolute atomic E-state index is 11.6. The Morgan fingerprint density at radius 1 is 1.47 bits per heavy atom. The lowest BCUT2D eigenvalue weighted by Crippen LogP contribution is -2.40. The molecule has 1 aromatic rings. The summed E-state index contributed by atoms with van der Waals surface area (Å²) in [4.78, 5) is 26.5. The number of hydrogen-bond acceptors (Lipinski definition) is 3. The quantitative estimate of drug-likeness (QED) is 0.765. The van der Waals surface area contributed by atoms with Crippen LogP contribution in [0.1, 0.15) is 25.8 Å². The van der Waals surface area contributed by atoms with Gasteiger partial charge in [-0.15, -0.1) is 0 Å². The zero-order valence-electron chi connectivity index (χ0n) is 11.0. The van der Waals surface area contributed by atoms with Gasteiger partial charge >= 0.3 is 5.97 Å². The van der Waals surface area contributed by atoms with E-state index in [0.717, 1.165) is 5.56 Å². The van der Waals surface area contributed by atoms with Crippen molar-refractivity contribution in [2.45, 2.75) is 26.3 Å². The van der Waals surface area contributed by atoms with Crippen molar-refractivity contribution >= 4 is 18.0 Å². The summed E-state index contributed by atoms with van der Waals surface area (Å²) in [6, 6.07) is 2.71. The number of amides is 1. The van der Waals surface area contributed by atoms with Gasteiger partial charge < -0.3 is 10.4 Å². The molecule has 1 heterocycles. The van der Waals surface area contributed by atoms with E-state index in [1.54, 1.807) is 30.6 Å². The van der Waals surface area contributed by atoms with Crippen molar-refractivity contribution in [1.29, 1.82) is 0 Å². The topological polar surface area (TPSA) is 79.3 Å². The molecule has 0 saturated heterocycles. The molecular weight excluding hydrogens is 244 g/mol. The number of carboxylic acids is 1. The number of rotatable bonds is 6. The van der Waals surface area contributed by atoms with Gasteiger partial charge in [0, 0.05) is 18.5 Å². The maximum atomic E-state index is 11.6. The van der Waals surface area contributed by atoms with Gasteiger partial charge in [0.2, 0.25) is 5.91 Å². The van der Waals surface area contributed by atoms with Crippen LogP contribution in [0.3, 0.4) is 0 Å². The van der Waals surface area contributed by atoms with E-state index in [4.69, 9.17) is 5.11 Å². The number of aliphatic carboxylic acids is 1. The number of nitrogens with one attached hydrogen (secondary N) is 1. The van der Waals surface area contributed by atoms with Crippen LogP contribution in [0.5, 0.6) is 0 Å². The summed E-state index contributed by atoms with van der Waals surface area (Å²) in [6.07, 6.45) is 6.57. The Hall–Kier alpha value is -2.17. The fraction of sp³-hybridized carbons (Fsp3) is 0.357. The van der Waals surface area contributed by atoms with Crippen molar-refractivity contribution in [3.63, 3.8) is 0 Å². The average Bonchev–Trinajstić information content (AvgIpc) is 2.36. The largest absolute Gasteiger partial charge is 0.480 e. The van der Waals surface area contributed by atoms with Crippen LogP contribution in [0, 0.1) is 5.92 Å². The highest BCUT2D eigenvalue weighted by Crippen LogP contribution is 2.05. The Morgan fingerprint density at radius 2 is 2.21 bits per heavy atom. The average molecular weight is 262 g/mol. The number of carboxylic acid groups (broad SMARTS) is 1. The Morgan fingerprint density at radius 3 is 2.74 bits per heavy atom. The summed E-state index contributed by atoms with van der Waals surface area (Å²) < 4.78 is 0. The molecule has 0 bridgehead atoms. The van der Waals surface area contributed by atoms with E-state index < -0.39 is 17.9 Å². The molecular formula is C14H18N2O3. The minimum atomic E-state index is -1.02. The summed E-state index contributed by atoms with van der Waals surface area (Å²) in [7, 11) is 0. The van der Waals surface area contributed by atoms with Crippen molar-refractivity contribution in [1.82, 2.24) is 10.3 Å². The second kappa shape index (κ2) is 7.31. The van der Waals surface area contributed by atoms with Crippen LogP contribution in [0.4, 0.5) is 0 Å². The summed E-state index contributed by atoms with van der Waals surface area (Å²) in [5.74, 6) is -1.24. The Kier molecular flexibility index (Phi) is 5.73. The van der Waals surface area contributed by atoms with Gasteiger partial charge in [-0.3, -0.25) is 9.78 Å². The number of carbonyl (C=O) groups excluding carboxylic acids is 1. The van der Waals surface area contributed by atoms with Crippen molar-refractivity contribution < 1.29 is 14.7 Å². The summed E-state index contributed by atoms with van der Waals surface area (Å²) >= 11 is 0. The van der Waals surface area contributed by atoms with E-state index in [1.165, 1.54) is 6.08 Å². The van der Waals surface area contributed by atoms with Gasteiger partial charge in [-0.2, -0.15) is 0 Å². The Labute approximate surface area is 112 Å². The molecule has 5 nitrogen and oxygen atoms in total. The molecule has 0 radical (unpaired) electrons. The highest BCUT2D eigenvalue weighted by molar-refractivity contribution is 5.94. The lowest BCUT2D eigenvalue weighted by Gasteiger charge is -2.15. The van der Waals surface area contributed by atoms with Gasteiger partial charge in [-0.1, -0.05) is 19.9 Å². The van der Waals surface area contributed by atoms with Gasteiger partial charge in [0.15, 0.2) is 0 Å². The highest BCUT2D eigenvalue weighted by Gasteiger charge is 2.19. The van der Waals surface area contributed by atoms with Crippen LogP contribution >= 0.6 is 0 Å². The fourth-order valence-electron chi connectivity index (χ4n) is 1.56. The van der Waals surface area contributed by atoms with Crippen LogP contribution in [0.25, 0.3) is 6.08 Å². The van der Waals surface area contributed by atoms with E-state index in [2.05, 4.69) is 10.3 Å². The minimum Gasteiger partial charge on any atom is -0.480 e. The molecule has 1 atom stereocenters. The number of carbonyl (C=O) groups is 2. The molecule has 0 aromatic carbocycles. The van der Waals surface area contributed by atoms with E-state index in [-0.39, 0.29) is 5.92 Å². The van der Waals surface area contributed by atoms with Gasteiger partial charge in [0.1, 0.15) is 6.04 Å². The molecule has 1 rings (SSSR count).